The topological polar surface area (TPSA) is 75.9 Å². The molecule has 0 unspecified atom stereocenters. The van der Waals surface area contributed by atoms with E-state index in [4.69, 9.17) is 10.5 Å². The second-order valence-electron chi connectivity index (χ2n) is 6.22. The summed E-state index contributed by atoms with van der Waals surface area (Å²) >= 11 is 3.35. The lowest BCUT2D eigenvalue weighted by Gasteiger charge is -2.36. The maximum Gasteiger partial charge on any atom is 0.260 e. The molecule has 1 atom stereocenters. The fourth-order valence-corrected chi connectivity index (χ4v) is 2.70. The van der Waals surface area contributed by atoms with Crippen LogP contribution in [0, 0.1) is 5.92 Å². The number of hydrogen-bond acceptors (Lipinski definition) is 4. The first-order chi connectivity index (χ1) is 11.4. The molecule has 0 spiro atoms. The fourth-order valence-electron chi connectivity index (χ4n) is 2.44. The van der Waals surface area contributed by atoms with Gasteiger partial charge in [-0.25, -0.2) is 0 Å². The van der Waals surface area contributed by atoms with Crippen LogP contribution < -0.4 is 10.5 Å². The third-order valence-corrected chi connectivity index (χ3v) is 4.65. The number of piperazine rings is 1. The quantitative estimate of drug-likeness (QED) is 0.816. The molecule has 2 amide bonds. The van der Waals surface area contributed by atoms with Gasteiger partial charge in [0.05, 0.1) is 6.04 Å². The first kappa shape index (κ1) is 18.7. The molecule has 2 N–H and O–H groups in total. The Kier molecular flexibility index (Phi) is 6.62. The summed E-state index contributed by atoms with van der Waals surface area (Å²) in [5, 5.41) is 0. The van der Waals surface area contributed by atoms with E-state index < -0.39 is 6.04 Å². The van der Waals surface area contributed by atoms with E-state index in [-0.39, 0.29) is 24.3 Å². The van der Waals surface area contributed by atoms with E-state index in [9.17, 15) is 9.59 Å². The van der Waals surface area contributed by atoms with E-state index >= 15 is 0 Å². The molecule has 0 bridgehead atoms. The molecule has 0 aromatic heterocycles. The molecular weight excluding hydrogens is 374 g/mol. The first-order valence-electron chi connectivity index (χ1n) is 8.09. The zero-order valence-corrected chi connectivity index (χ0v) is 15.7. The van der Waals surface area contributed by atoms with Crippen LogP contribution in [0.25, 0.3) is 0 Å². The molecule has 1 fully saturated rings. The Morgan fingerprint density at radius 2 is 1.67 bits per heavy atom. The van der Waals surface area contributed by atoms with Crippen molar-refractivity contribution in [3.05, 3.63) is 28.7 Å². The zero-order valence-electron chi connectivity index (χ0n) is 14.1. The van der Waals surface area contributed by atoms with Crippen LogP contribution in [-0.2, 0) is 9.59 Å². The Hall–Kier alpha value is -1.60. The molecule has 1 aromatic rings. The molecule has 0 saturated carbocycles. The van der Waals surface area contributed by atoms with E-state index in [1.807, 2.05) is 26.0 Å². The SMILES string of the molecule is CC(C)[C@H](N)C(=O)N1CCN(C(=O)COc2ccc(Br)cc2)CC1. The highest BCUT2D eigenvalue weighted by atomic mass is 79.9. The highest BCUT2D eigenvalue weighted by molar-refractivity contribution is 9.10. The van der Waals surface area contributed by atoms with Gasteiger partial charge in [-0.1, -0.05) is 29.8 Å². The maximum atomic E-state index is 12.2. The summed E-state index contributed by atoms with van der Waals surface area (Å²) in [6.45, 7) is 5.93. The van der Waals surface area contributed by atoms with Crippen molar-refractivity contribution in [3.8, 4) is 5.75 Å². The van der Waals surface area contributed by atoms with Gasteiger partial charge in [0.15, 0.2) is 6.61 Å². The third kappa shape index (κ3) is 4.95. The van der Waals surface area contributed by atoms with Gasteiger partial charge >= 0.3 is 0 Å². The molecule has 6 nitrogen and oxygen atoms in total. The van der Waals surface area contributed by atoms with Crippen LogP contribution in [0.2, 0.25) is 0 Å². The Labute approximate surface area is 151 Å². The smallest absolute Gasteiger partial charge is 0.260 e. The zero-order chi connectivity index (χ0) is 17.7. The summed E-state index contributed by atoms with van der Waals surface area (Å²) in [4.78, 5) is 27.9. The second-order valence-corrected chi connectivity index (χ2v) is 7.13. The van der Waals surface area contributed by atoms with E-state index in [0.29, 0.717) is 31.9 Å². The van der Waals surface area contributed by atoms with Crippen LogP contribution >= 0.6 is 15.9 Å². The van der Waals surface area contributed by atoms with Crippen molar-refractivity contribution in [1.82, 2.24) is 9.80 Å². The third-order valence-electron chi connectivity index (χ3n) is 4.12. The maximum absolute atomic E-state index is 12.2. The highest BCUT2D eigenvalue weighted by Crippen LogP contribution is 2.16. The van der Waals surface area contributed by atoms with Crippen molar-refractivity contribution >= 4 is 27.7 Å². The summed E-state index contributed by atoms with van der Waals surface area (Å²) in [5.41, 5.74) is 5.91. The lowest BCUT2D eigenvalue weighted by Crippen LogP contribution is -2.55. The van der Waals surface area contributed by atoms with E-state index in [0.717, 1.165) is 4.47 Å². The number of nitrogens with zero attached hydrogens (tertiary/aromatic N) is 2. The van der Waals surface area contributed by atoms with Crippen LogP contribution in [0.5, 0.6) is 5.75 Å². The summed E-state index contributed by atoms with van der Waals surface area (Å²) < 4.78 is 6.47. The van der Waals surface area contributed by atoms with Crippen molar-refractivity contribution in [2.75, 3.05) is 32.8 Å². The molecule has 1 aliphatic heterocycles. The van der Waals surface area contributed by atoms with Crippen LogP contribution in [0.15, 0.2) is 28.7 Å². The number of carbonyl (C=O) groups excluding carboxylic acids is 2. The van der Waals surface area contributed by atoms with E-state index in [1.165, 1.54) is 0 Å². The normalized spacial score (nSPS) is 16.2. The number of nitrogens with two attached hydrogens (primary N) is 1. The Bertz CT molecular complexity index is 569. The Morgan fingerprint density at radius 1 is 1.12 bits per heavy atom. The molecular formula is C17H24BrN3O3. The molecule has 1 aromatic carbocycles. The van der Waals surface area contributed by atoms with Gasteiger partial charge in [0, 0.05) is 30.7 Å². The van der Waals surface area contributed by atoms with E-state index in [2.05, 4.69) is 15.9 Å². The van der Waals surface area contributed by atoms with Crippen LogP contribution in [0.1, 0.15) is 13.8 Å². The predicted molar refractivity (Wildman–Crippen MR) is 95.6 cm³/mol. The summed E-state index contributed by atoms with van der Waals surface area (Å²) in [7, 11) is 0. The summed E-state index contributed by atoms with van der Waals surface area (Å²) in [5.74, 6) is 0.654. The highest BCUT2D eigenvalue weighted by Gasteiger charge is 2.28. The molecule has 24 heavy (non-hydrogen) atoms. The van der Waals surface area contributed by atoms with Crippen molar-refractivity contribution in [3.63, 3.8) is 0 Å². The fraction of sp³-hybridized carbons (Fsp3) is 0.529. The minimum absolute atomic E-state index is 0.00108. The van der Waals surface area contributed by atoms with Gasteiger partial charge in [0.2, 0.25) is 5.91 Å². The van der Waals surface area contributed by atoms with Gasteiger partial charge < -0.3 is 20.3 Å². The number of ether oxygens (including phenoxy) is 1. The molecule has 1 saturated heterocycles. The van der Waals surface area contributed by atoms with Crippen molar-refractivity contribution in [2.45, 2.75) is 19.9 Å². The minimum Gasteiger partial charge on any atom is -0.484 e. The number of amides is 2. The largest absolute Gasteiger partial charge is 0.484 e. The van der Waals surface area contributed by atoms with Crippen LogP contribution in [0.4, 0.5) is 0 Å². The number of benzene rings is 1. The van der Waals surface area contributed by atoms with Crippen molar-refractivity contribution in [2.24, 2.45) is 11.7 Å². The minimum atomic E-state index is -0.479. The number of hydrogen-bond donors (Lipinski definition) is 1. The van der Waals surface area contributed by atoms with Crippen LogP contribution in [0.3, 0.4) is 0 Å². The molecule has 0 radical (unpaired) electrons. The molecule has 132 valence electrons. The molecule has 7 heteroatoms. The lowest BCUT2D eigenvalue weighted by atomic mass is 10.0. The molecule has 2 rings (SSSR count). The standard InChI is InChI=1S/C17H24BrN3O3/c1-12(2)16(19)17(23)21-9-7-20(8-10-21)15(22)11-24-14-5-3-13(18)4-6-14/h3-6,12,16H,7-11,19H2,1-2H3/t16-/m0/s1. The first-order valence-corrected chi connectivity index (χ1v) is 8.88. The molecule has 0 aliphatic carbocycles. The predicted octanol–water partition coefficient (Wildman–Crippen LogP) is 1.48. The number of carbonyl (C=O) groups is 2. The lowest BCUT2D eigenvalue weighted by molar-refractivity contribution is -0.141. The van der Waals surface area contributed by atoms with Crippen molar-refractivity contribution < 1.29 is 14.3 Å². The Balaban J connectivity index is 1.78. The van der Waals surface area contributed by atoms with Gasteiger partial charge in [-0.3, -0.25) is 9.59 Å². The van der Waals surface area contributed by atoms with Gasteiger partial charge in [-0.05, 0) is 30.2 Å². The second kappa shape index (κ2) is 8.48. The molecule has 1 aliphatic rings. The summed E-state index contributed by atoms with van der Waals surface area (Å²) in [6, 6.07) is 6.86. The molecule has 1 heterocycles. The van der Waals surface area contributed by atoms with Crippen molar-refractivity contribution in [1.29, 1.82) is 0 Å². The summed E-state index contributed by atoms with van der Waals surface area (Å²) in [6.07, 6.45) is 0. The van der Waals surface area contributed by atoms with Gasteiger partial charge in [0.25, 0.3) is 5.91 Å². The Morgan fingerprint density at radius 3 is 2.21 bits per heavy atom. The average molecular weight is 398 g/mol. The number of halogens is 1. The number of rotatable bonds is 5. The van der Waals surface area contributed by atoms with Gasteiger partial charge in [0.1, 0.15) is 5.75 Å². The van der Waals surface area contributed by atoms with Gasteiger partial charge in [-0.2, -0.15) is 0 Å². The monoisotopic (exact) mass is 397 g/mol. The van der Waals surface area contributed by atoms with E-state index in [1.54, 1.807) is 21.9 Å². The van der Waals surface area contributed by atoms with Gasteiger partial charge in [-0.15, -0.1) is 0 Å². The average Bonchev–Trinajstić information content (AvgIpc) is 2.59. The van der Waals surface area contributed by atoms with Crippen LogP contribution in [-0.4, -0.2) is 60.4 Å².